The molecular weight excluding hydrogens is 320 g/mol. The molecule has 7 nitrogen and oxygen atoms in total. The minimum absolute atomic E-state index is 0.186. The molecule has 0 aromatic heterocycles. The summed E-state index contributed by atoms with van der Waals surface area (Å²) in [7, 11) is 0. The second kappa shape index (κ2) is 7.33. The molecule has 25 heavy (non-hydrogen) atoms. The van der Waals surface area contributed by atoms with Crippen molar-refractivity contribution in [3.05, 3.63) is 35.9 Å². The van der Waals surface area contributed by atoms with E-state index in [0.29, 0.717) is 0 Å². The van der Waals surface area contributed by atoms with Crippen molar-refractivity contribution in [3.8, 4) is 0 Å². The van der Waals surface area contributed by atoms with Crippen LogP contribution in [0.25, 0.3) is 0 Å². The lowest BCUT2D eigenvalue weighted by atomic mass is 10.2. The Morgan fingerprint density at radius 2 is 1.48 bits per heavy atom. The van der Waals surface area contributed by atoms with Gasteiger partial charge in [0.05, 0.1) is 6.67 Å². The molecule has 7 heteroatoms. The number of piperazine rings is 1. The van der Waals surface area contributed by atoms with Gasteiger partial charge in [0, 0.05) is 38.8 Å². The van der Waals surface area contributed by atoms with Gasteiger partial charge in [-0.3, -0.25) is 24.3 Å². The number of nitrogens with zero attached hydrogens (tertiary/aromatic N) is 4. The molecule has 0 saturated carbocycles. The molecule has 0 aliphatic carbocycles. The quantitative estimate of drug-likeness (QED) is 0.588. The number of hydrogen-bond donors (Lipinski definition) is 0. The molecule has 2 fully saturated rings. The summed E-state index contributed by atoms with van der Waals surface area (Å²) in [6.45, 7) is 7.81. The first-order chi connectivity index (χ1) is 12.0. The number of urea groups is 1. The minimum Gasteiger partial charge on any atom is -0.297 e. The fourth-order valence-corrected chi connectivity index (χ4v) is 3.23. The van der Waals surface area contributed by atoms with Crippen LogP contribution in [0.2, 0.25) is 0 Å². The van der Waals surface area contributed by atoms with Gasteiger partial charge in [-0.15, -0.1) is 0 Å². The maximum atomic E-state index is 12.3. The number of imide groups is 2. The highest BCUT2D eigenvalue weighted by Gasteiger charge is 2.46. The number of amides is 4. The number of benzene rings is 1. The lowest BCUT2D eigenvalue weighted by Crippen LogP contribution is -2.51. The van der Waals surface area contributed by atoms with Crippen LogP contribution in [0.15, 0.2) is 30.3 Å². The Hall–Kier alpha value is -2.25. The Balaban J connectivity index is 1.53. The van der Waals surface area contributed by atoms with Crippen molar-refractivity contribution in [3.63, 3.8) is 0 Å². The SMILES string of the molecule is CC(C)N1C(=O)C(=O)N(CN2CCN(Cc3ccccc3)CC2)C1=O. The molecule has 2 aliphatic rings. The van der Waals surface area contributed by atoms with Gasteiger partial charge in [-0.25, -0.2) is 9.69 Å². The van der Waals surface area contributed by atoms with Crippen LogP contribution in [0.5, 0.6) is 0 Å². The highest BCUT2D eigenvalue weighted by Crippen LogP contribution is 2.17. The van der Waals surface area contributed by atoms with Gasteiger partial charge < -0.3 is 0 Å². The van der Waals surface area contributed by atoms with Gasteiger partial charge >= 0.3 is 17.8 Å². The van der Waals surface area contributed by atoms with Crippen LogP contribution in [0.4, 0.5) is 4.79 Å². The van der Waals surface area contributed by atoms with Crippen LogP contribution in [-0.4, -0.2) is 76.3 Å². The summed E-state index contributed by atoms with van der Waals surface area (Å²) < 4.78 is 0. The van der Waals surface area contributed by atoms with Crippen molar-refractivity contribution in [2.75, 3.05) is 32.8 Å². The summed E-state index contributed by atoms with van der Waals surface area (Å²) in [4.78, 5) is 42.9. The van der Waals surface area contributed by atoms with E-state index in [-0.39, 0.29) is 12.7 Å². The molecule has 1 aromatic rings. The van der Waals surface area contributed by atoms with Crippen LogP contribution in [0.3, 0.4) is 0 Å². The second-order valence-electron chi connectivity index (χ2n) is 6.81. The predicted octanol–water partition coefficient (Wildman–Crippen LogP) is 0.961. The van der Waals surface area contributed by atoms with Crippen molar-refractivity contribution in [2.45, 2.75) is 26.4 Å². The number of carbonyl (C=O) groups is 3. The lowest BCUT2D eigenvalue weighted by Gasteiger charge is -2.35. The third kappa shape index (κ3) is 3.72. The average Bonchev–Trinajstić information content (AvgIpc) is 2.81. The molecule has 0 N–H and O–H groups in total. The molecule has 0 radical (unpaired) electrons. The zero-order chi connectivity index (χ0) is 18.0. The first-order valence-corrected chi connectivity index (χ1v) is 8.65. The predicted molar refractivity (Wildman–Crippen MR) is 92.4 cm³/mol. The number of carbonyl (C=O) groups excluding carboxylic acids is 3. The summed E-state index contributed by atoms with van der Waals surface area (Å²) in [5, 5.41) is 0. The summed E-state index contributed by atoms with van der Waals surface area (Å²) >= 11 is 0. The molecule has 0 bridgehead atoms. The van der Waals surface area contributed by atoms with Gasteiger partial charge in [-0.05, 0) is 19.4 Å². The highest BCUT2D eigenvalue weighted by molar-refractivity contribution is 6.44. The second-order valence-corrected chi connectivity index (χ2v) is 6.81. The van der Waals surface area contributed by atoms with Crippen LogP contribution >= 0.6 is 0 Å². The average molecular weight is 344 g/mol. The van der Waals surface area contributed by atoms with Crippen LogP contribution in [-0.2, 0) is 16.1 Å². The molecule has 2 aliphatic heterocycles. The molecule has 1 aromatic carbocycles. The largest absolute Gasteiger partial charge is 0.335 e. The van der Waals surface area contributed by atoms with Gasteiger partial charge in [0.2, 0.25) is 0 Å². The van der Waals surface area contributed by atoms with E-state index in [1.54, 1.807) is 13.8 Å². The van der Waals surface area contributed by atoms with Gasteiger partial charge in [0.15, 0.2) is 0 Å². The molecule has 3 rings (SSSR count). The van der Waals surface area contributed by atoms with Crippen LogP contribution in [0.1, 0.15) is 19.4 Å². The summed E-state index contributed by atoms with van der Waals surface area (Å²) in [5.41, 5.74) is 1.28. The molecule has 0 unspecified atom stereocenters. The zero-order valence-corrected chi connectivity index (χ0v) is 14.7. The van der Waals surface area contributed by atoms with Gasteiger partial charge in [-0.2, -0.15) is 0 Å². The van der Waals surface area contributed by atoms with Gasteiger partial charge in [0.25, 0.3) is 0 Å². The molecule has 4 amide bonds. The maximum absolute atomic E-state index is 12.3. The molecule has 2 heterocycles. The van der Waals surface area contributed by atoms with Crippen LogP contribution in [0, 0.1) is 0 Å². The smallest absolute Gasteiger partial charge is 0.297 e. The van der Waals surface area contributed by atoms with E-state index in [1.165, 1.54) is 5.56 Å². The van der Waals surface area contributed by atoms with E-state index in [2.05, 4.69) is 21.9 Å². The third-order valence-corrected chi connectivity index (χ3v) is 4.66. The van der Waals surface area contributed by atoms with Crippen molar-refractivity contribution in [2.24, 2.45) is 0 Å². The number of rotatable bonds is 5. The van der Waals surface area contributed by atoms with E-state index in [4.69, 9.17) is 0 Å². The molecular formula is C18H24N4O3. The molecule has 2 saturated heterocycles. The standard InChI is InChI=1S/C18H24N4O3/c1-14(2)22-17(24)16(23)21(18(22)25)13-20-10-8-19(9-11-20)12-15-6-4-3-5-7-15/h3-7,14H,8-13H2,1-2H3. The fourth-order valence-electron chi connectivity index (χ4n) is 3.23. The van der Waals surface area contributed by atoms with E-state index in [1.807, 2.05) is 18.2 Å². The van der Waals surface area contributed by atoms with Gasteiger partial charge in [0.1, 0.15) is 0 Å². The third-order valence-electron chi connectivity index (χ3n) is 4.66. The highest BCUT2D eigenvalue weighted by atomic mass is 16.2. The maximum Gasteiger partial charge on any atom is 0.335 e. The Bertz CT molecular complexity index is 654. The Kier molecular flexibility index (Phi) is 5.15. The Labute approximate surface area is 147 Å². The summed E-state index contributed by atoms with van der Waals surface area (Å²) in [6, 6.07) is 9.49. The molecule has 0 spiro atoms. The summed E-state index contributed by atoms with van der Waals surface area (Å²) in [6.07, 6.45) is 0. The minimum atomic E-state index is -0.720. The van der Waals surface area contributed by atoms with Crippen molar-refractivity contribution >= 4 is 17.8 Å². The topological polar surface area (TPSA) is 64.2 Å². The van der Waals surface area contributed by atoms with Crippen molar-refractivity contribution < 1.29 is 14.4 Å². The Morgan fingerprint density at radius 3 is 2.04 bits per heavy atom. The number of hydrogen-bond acceptors (Lipinski definition) is 5. The molecule has 134 valence electrons. The zero-order valence-electron chi connectivity index (χ0n) is 14.7. The lowest BCUT2D eigenvalue weighted by molar-refractivity contribution is -0.144. The van der Waals surface area contributed by atoms with E-state index in [0.717, 1.165) is 42.5 Å². The molecule has 0 atom stereocenters. The first-order valence-electron chi connectivity index (χ1n) is 8.65. The Morgan fingerprint density at radius 1 is 0.880 bits per heavy atom. The first kappa shape index (κ1) is 17.6. The van der Waals surface area contributed by atoms with Crippen LogP contribution < -0.4 is 0 Å². The fraction of sp³-hybridized carbons (Fsp3) is 0.500. The monoisotopic (exact) mass is 344 g/mol. The van der Waals surface area contributed by atoms with Crippen molar-refractivity contribution in [1.29, 1.82) is 0 Å². The van der Waals surface area contributed by atoms with Crippen molar-refractivity contribution in [1.82, 2.24) is 19.6 Å². The normalized spacial score (nSPS) is 20.2. The summed E-state index contributed by atoms with van der Waals surface area (Å²) in [5.74, 6) is -1.44. The van der Waals surface area contributed by atoms with Gasteiger partial charge in [-0.1, -0.05) is 30.3 Å². The van der Waals surface area contributed by atoms with E-state index >= 15 is 0 Å². The van der Waals surface area contributed by atoms with E-state index < -0.39 is 17.8 Å². The van der Waals surface area contributed by atoms with E-state index in [9.17, 15) is 14.4 Å².